The van der Waals surface area contributed by atoms with E-state index >= 15 is 0 Å². The molecule has 1 aromatic carbocycles. The molecule has 6 nitrogen and oxygen atoms in total. The maximum atomic E-state index is 5.98. The first-order valence-corrected chi connectivity index (χ1v) is 10.4. The topological polar surface area (TPSA) is 78.8 Å². The van der Waals surface area contributed by atoms with Crippen molar-refractivity contribution in [2.75, 3.05) is 12.8 Å². The number of hydrogen-bond acceptors (Lipinski definition) is 6. The van der Waals surface area contributed by atoms with Crippen molar-refractivity contribution < 1.29 is 4.74 Å². The summed E-state index contributed by atoms with van der Waals surface area (Å²) in [6.07, 6.45) is 2.51. The van der Waals surface area contributed by atoms with E-state index < -0.39 is 0 Å². The molecule has 2 radical (unpaired) electrons. The van der Waals surface area contributed by atoms with Gasteiger partial charge in [-0.2, -0.15) is 0 Å². The van der Waals surface area contributed by atoms with E-state index in [9.17, 15) is 0 Å². The fourth-order valence-electron chi connectivity index (χ4n) is 2.23. The second kappa shape index (κ2) is 7.93. The zero-order valence-corrected chi connectivity index (χ0v) is 17.8. The Bertz CT molecular complexity index is 872. The van der Waals surface area contributed by atoms with Gasteiger partial charge in [0.05, 0.1) is 0 Å². The molecule has 0 saturated heterocycles. The van der Waals surface area contributed by atoms with Crippen LogP contribution in [-0.2, 0) is 6.54 Å². The normalized spacial score (nSPS) is 11.1. The molecule has 0 aliphatic carbocycles. The van der Waals surface area contributed by atoms with Crippen LogP contribution in [0, 0.1) is 3.57 Å². The van der Waals surface area contributed by atoms with Crippen LogP contribution in [0.5, 0.6) is 5.75 Å². The van der Waals surface area contributed by atoms with Gasteiger partial charge in [-0.3, -0.25) is 0 Å². The quantitative estimate of drug-likeness (QED) is 0.402. The molecule has 0 unspecified atom stereocenters. The fourth-order valence-corrected chi connectivity index (χ4v) is 4.15. The number of aromatic nitrogens is 4. The number of nitrogen functional groups attached to an aromatic ring is 1. The minimum atomic E-state index is 0.410. The third-order valence-electron chi connectivity index (χ3n) is 3.40. The Labute approximate surface area is 166 Å². The predicted molar refractivity (Wildman–Crippen MR) is 105 cm³/mol. The third-order valence-corrected chi connectivity index (χ3v) is 6.43. The van der Waals surface area contributed by atoms with E-state index in [1.54, 1.807) is 18.9 Å². The summed E-state index contributed by atoms with van der Waals surface area (Å²) in [5, 5.41) is 1.90. The van der Waals surface area contributed by atoms with E-state index in [1.807, 2.05) is 18.2 Å². The van der Waals surface area contributed by atoms with Crippen molar-refractivity contribution >= 4 is 68.2 Å². The number of imidazole rings is 1. The molecule has 0 saturated carbocycles. The van der Waals surface area contributed by atoms with E-state index in [2.05, 4.69) is 59.0 Å². The van der Waals surface area contributed by atoms with Crippen LogP contribution in [0.1, 0.15) is 6.42 Å². The summed E-state index contributed by atoms with van der Waals surface area (Å²) in [5.41, 5.74) is 7.41. The monoisotopic (exact) mass is 515 g/mol. The molecule has 0 amide bonds. The van der Waals surface area contributed by atoms with Crippen LogP contribution in [0.15, 0.2) is 34.6 Å². The molecule has 0 aliphatic heterocycles. The van der Waals surface area contributed by atoms with Crippen LogP contribution in [-0.4, -0.2) is 43.5 Å². The van der Waals surface area contributed by atoms with Crippen LogP contribution in [0.3, 0.4) is 0 Å². The first kappa shape index (κ1) is 17.8. The molecule has 0 spiro atoms. The molecule has 3 aromatic rings. The number of aryl methyl sites for hydroxylation is 1. The van der Waals surface area contributed by atoms with E-state index in [4.69, 9.17) is 10.5 Å². The number of nitrogens with zero attached hydrogens (tertiary/aromatic N) is 4. The zero-order valence-electron chi connectivity index (χ0n) is 12.9. The van der Waals surface area contributed by atoms with Crippen molar-refractivity contribution in [1.29, 1.82) is 0 Å². The molecule has 2 N–H and O–H groups in total. The van der Waals surface area contributed by atoms with Gasteiger partial charge >= 0.3 is 167 Å². The van der Waals surface area contributed by atoms with Gasteiger partial charge in [0.1, 0.15) is 0 Å². The summed E-state index contributed by atoms with van der Waals surface area (Å²) >= 11 is 6.51. The van der Waals surface area contributed by atoms with Crippen LogP contribution < -0.4 is 10.5 Å². The van der Waals surface area contributed by atoms with Gasteiger partial charge in [0.15, 0.2) is 0 Å². The van der Waals surface area contributed by atoms with Gasteiger partial charge in [-0.25, -0.2) is 0 Å². The number of methoxy groups -OCH3 is 1. The number of rotatable bonds is 6. The van der Waals surface area contributed by atoms with E-state index in [0.717, 1.165) is 43.2 Å². The number of hydrogen-bond donors (Lipinski definition) is 1. The summed E-state index contributed by atoms with van der Waals surface area (Å²) in [6, 6.07) is 6.00. The Kier molecular flexibility index (Phi) is 5.88. The number of anilines is 1. The molecule has 124 valence electrons. The number of benzene rings is 1. The second-order valence-electron chi connectivity index (χ2n) is 4.95. The van der Waals surface area contributed by atoms with Crippen molar-refractivity contribution in [3.05, 3.63) is 28.1 Å². The van der Waals surface area contributed by atoms with Crippen LogP contribution in [0.4, 0.5) is 5.82 Å². The molecule has 0 bridgehead atoms. The SMILES string of the molecule is COc1ccc(I)c(Sc2nc3c(N)ncnc3n2CCC[As])c1. The van der Waals surface area contributed by atoms with Gasteiger partial charge in [0.2, 0.25) is 0 Å². The van der Waals surface area contributed by atoms with Gasteiger partial charge in [-0.1, -0.05) is 0 Å². The average molecular weight is 515 g/mol. The Balaban J connectivity index is 2.06. The molecule has 24 heavy (non-hydrogen) atoms. The Morgan fingerprint density at radius 3 is 2.96 bits per heavy atom. The summed E-state index contributed by atoms with van der Waals surface area (Å²) < 4.78 is 8.59. The van der Waals surface area contributed by atoms with Crippen molar-refractivity contribution in [3.8, 4) is 5.75 Å². The maximum absolute atomic E-state index is 5.98. The molecule has 2 heterocycles. The Morgan fingerprint density at radius 2 is 2.21 bits per heavy atom. The molecular weight excluding hydrogens is 500 g/mol. The van der Waals surface area contributed by atoms with Gasteiger partial charge < -0.3 is 0 Å². The second-order valence-corrected chi connectivity index (χ2v) is 8.06. The molecular formula is C15H15AsIN5OS. The van der Waals surface area contributed by atoms with Crippen LogP contribution >= 0.6 is 34.4 Å². The first-order chi connectivity index (χ1) is 11.6. The van der Waals surface area contributed by atoms with E-state index in [-0.39, 0.29) is 0 Å². The van der Waals surface area contributed by atoms with Crippen molar-refractivity contribution in [1.82, 2.24) is 19.5 Å². The number of fused-ring (bicyclic) bond motifs is 1. The van der Waals surface area contributed by atoms with Gasteiger partial charge in [-0.15, -0.1) is 0 Å². The summed E-state index contributed by atoms with van der Waals surface area (Å²) in [7, 11) is 1.67. The number of nitrogens with two attached hydrogens (primary N) is 1. The first-order valence-electron chi connectivity index (χ1n) is 7.23. The Morgan fingerprint density at radius 1 is 1.38 bits per heavy atom. The summed E-state index contributed by atoms with van der Waals surface area (Å²) in [6.45, 7) is 0.838. The van der Waals surface area contributed by atoms with Crippen molar-refractivity contribution in [2.45, 2.75) is 28.2 Å². The van der Waals surface area contributed by atoms with Crippen molar-refractivity contribution in [2.24, 2.45) is 0 Å². The Hall–Kier alpha value is -0.992. The van der Waals surface area contributed by atoms with Crippen LogP contribution in [0.2, 0.25) is 5.21 Å². The summed E-state index contributed by atoms with van der Waals surface area (Å²) in [4.78, 5) is 14.2. The molecule has 0 atom stereocenters. The molecule has 3 rings (SSSR count). The predicted octanol–water partition coefficient (Wildman–Crippen LogP) is 3.15. The fraction of sp³-hybridized carbons (Fsp3) is 0.267. The minimum absolute atomic E-state index is 0.410. The average Bonchev–Trinajstić information content (AvgIpc) is 2.94. The molecule has 0 aliphatic rings. The van der Waals surface area contributed by atoms with Gasteiger partial charge in [0, 0.05) is 0 Å². The standard InChI is InChI=1S/C15H15AsIN5OS/c1-23-9-3-4-10(17)11(7-9)24-15-21-12-13(18)19-8-20-14(12)22(15)6-2-5-16/h3-4,7-8H,2,5-6H2,1H3,(H2,18,19,20). The van der Waals surface area contributed by atoms with Crippen molar-refractivity contribution in [3.63, 3.8) is 0 Å². The third kappa shape index (κ3) is 3.65. The van der Waals surface area contributed by atoms with E-state index in [1.165, 1.54) is 6.33 Å². The van der Waals surface area contributed by atoms with E-state index in [0.29, 0.717) is 11.3 Å². The summed E-state index contributed by atoms with van der Waals surface area (Å²) in [5.74, 6) is 1.24. The molecule has 9 heteroatoms. The van der Waals surface area contributed by atoms with Gasteiger partial charge in [0.25, 0.3) is 0 Å². The molecule has 0 fully saturated rings. The number of halogens is 1. The number of ether oxygens (including phenoxy) is 1. The van der Waals surface area contributed by atoms with Crippen LogP contribution in [0.25, 0.3) is 11.2 Å². The zero-order chi connectivity index (χ0) is 17.1. The molecule has 2 aromatic heterocycles. The van der Waals surface area contributed by atoms with Gasteiger partial charge in [-0.05, 0) is 0 Å².